The minimum Gasteiger partial charge on any atom is -0.355 e. The van der Waals surface area contributed by atoms with E-state index >= 15 is 0 Å². The van der Waals surface area contributed by atoms with Gasteiger partial charge in [-0.05, 0) is 24.3 Å². The summed E-state index contributed by atoms with van der Waals surface area (Å²) in [5.74, 6) is 1.28. The molecule has 0 fully saturated rings. The van der Waals surface area contributed by atoms with E-state index in [4.69, 9.17) is 0 Å². The summed E-state index contributed by atoms with van der Waals surface area (Å²) in [6, 6.07) is 11.0. The molecular weight excluding hydrogens is 312 g/mol. The number of hydrogen-bond donors (Lipinski definition) is 2. The Morgan fingerprint density at radius 3 is 2.48 bits per heavy atom. The Labute approximate surface area is 139 Å². The van der Waals surface area contributed by atoms with Crippen molar-refractivity contribution in [2.45, 2.75) is 12.2 Å². The van der Waals surface area contributed by atoms with E-state index in [0.29, 0.717) is 23.9 Å². The fourth-order valence-electron chi connectivity index (χ4n) is 1.74. The molecule has 2 aromatic rings. The van der Waals surface area contributed by atoms with Gasteiger partial charge in [0, 0.05) is 31.1 Å². The van der Waals surface area contributed by atoms with E-state index in [1.807, 2.05) is 18.2 Å². The van der Waals surface area contributed by atoms with Gasteiger partial charge in [0.2, 0.25) is 11.8 Å². The molecule has 0 aliphatic heterocycles. The third-order valence-corrected chi connectivity index (χ3v) is 3.78. The first-order valence-corrected chi connectivity index (χ1v) is 8.35. The summed E-state index contributed by atoms with van der Waals surface area (Å²) < 4.78 is 0. The Bertz CT molecular complexity index is 622. The lowest BCUT2D eigenvalue weighted by atomic mass is 10.4. The third-order valence-electron chi connectivity index (χ3n) is 2.82. The molecule has 0 atom stereocenters. The fraction of sp³-hybridized carbons (Fsp3) is 0.250. The maximum absolute atomic E-state index is 11.7. The second kappa shape index (κ2) is 9.58. The van der Waals surface area contributed by atoms with Crippen LogP contribution in [0, 0.1) is 0 Å². The minimum atomic E-state index is -0.176. The van der Waals surface area contributed by atoms with Crippen LogP contribution in [0.25, 0.3) is 0 Å². The zero-order valence-corrected chi connectivity index (χ0v) is 13.4. The molecule has 2 aromatic heterocycles. The van der Waals surface area contributed by atoms with Crippen molar-refractivity contribution in [1.82, 2.24) is 15.3 Å². The molecule has 0 aliphatic rings. The lowest BCUT2D eigenvalue weighted by molar-refractivity contribution is -0.119. The number of nitrogens with zero attached hydrogens (tertiary/aromatic N) is 2. The number of hydrogen-bond acceptors (Lipinski definition) is 5. The van der Waals surface area contributed by atoms with Crippen LogP contribution in [0.3, 0.4) is 0 Å². The van der Waals surface area contributed by atoms with Gasteiger partial charge in [-0.25, -0.2) is 4.98 Å². The zero-order valence-electron chi connectivity index (χ0n) is 12.6. The summed E-state index contributed by atoms with van der Waals surface area (Å²) in [5, 5.41) is 5.39. The number of amides is 2. The number of nitrogens with one attached hydrogen (secondary N) is 2. The van der Waals surface area contributed by atoms with Crippen molar-refractivity contribution < 1.29 is 9.59 Å². The highest BCUT2D eigenvalue weighted by Crippen LogP contribution is 2.08. The summed E-state index contributed by atoms with van der Waals surface area (Å²) in [7, 11) is 0. The van der Waals surface area contributed by atoms with Crippen molar-refractivity contribution in [2.75, 3.05) is 17.6 Å². The molecule has 0 saturated carbocycles. The molecule has 0 aliphatic carbocycles. The van der Waals surface area contributed by atoms with E-state index in [1.54, 1.807) is 30.6 Å². The predicted molar refractivity (Wildman–Crippen MR) is 90.9 cm³/mol. The minimum absolute atomic E-state index is 0.0865. The smallest absolute Gasteiger partial charge is 0.230 e. The van der Waals surface area contributed by atoms with Gasteiger partial charge in [-0.3, -0.25) is 14.6 Å². The lowest BCUT2D eigenvalue weighted by Crippen LogP contribution is -2.29. The molecule has 0 bridgehead atoms. The Hall–Kier alpha value is -2.41. The Balaban J connectivity index is 1.56. The van der Waals surface area contributed by atoms with Crippen LogP contribution < -0.4 is 10.6 Å². The average molecular weight is 330 g/mol. The van der Waals surface area contributed by atoms with Crippen molar-refractivity contribution in [3.8, 4) is 0 Å². The summed E-state index contributed by atoms with van der Waals surface area (Å²) in [5.41, 5.74) is 0.944. The Morgan fingerprint density at radius 2 is 1.78 bits per heavy atom. The van der Waals surface area contributed by atoms with Gasteiger partial charge >= 0.3 is 0 Å². The van der Waals surface area contributed by atoms with Crippen LogP contribution in [-0.4, -0.2) is 34.1 Å². The predicted octanol–water partition coefficient (Wildman–Crippen LogP) is 1.85. The molecule has 120 valence electrons. The van der Waals surface area contributed by atoms with E-state index in [-0.39, 0.29) is 18.2 Å². The van der Waals surface area contributed by atoms with Crippen molar-refractivity contribution >= 4 is 29.4 Å². The number of aromatic nitrogens is 2. The number of rotatable bonds is 8. The second-order valence-electron chi connectivity index (χ2n) is 4.68. The van der Waals surface area contributed by atoms with Crippen LogP contribution >= 0.6 is 11.8 Å². The Morgan fingerprint density at radius 1 is 1.00 bits per heavy atom. The van der Waals surface area contributed by atoms with Gasteiger partial charge in [-0.2, -0.15) is 0 Å². The molecule has 6 nitrogen and oxygen atoms in total. The molecule has 0 unspecified atom stereocenters. The van der Waals surface area contributed by atoms with Gasteiger partial charge in [0.05, 0.1) is 11.4 Å². The van der Waals surface area contributed by atoms with Crippen LogP contribution in [0.2, 0.25) is 0 Å². The summed E-state index contributed by atoms with van der Waals surface area (Å²) in [6.45, 7) is 0.307. The van der Waals surface area contributed by atoms with E-state index < -0.39 is 0 Å². The van der Waals surface area contributed by atoms with Gasteiger partial charge in [0.15, 0.2) is 0 Å². The molecule has 2 rings (SSSR count). The maximum Gasteiger partial charge on any atom is 0.230 e. The van der Waals surface area contributed by atoms with Crippen molar-refractivity contribution in [3.05, 3.63) is 54.5 Å². The highest BCUT2D eigenvalue weighted by atomic mass is 32.2. The first-order valence-electron chi connectivity index (χ1n) is 7.19. The van der Waals surface area contributed by atoms with Gasteiger partial charge in [0.25, 0.3) is 0 Å². The molecule has 2 N–H and O–H groups in total. The highest BCUT2D eigenvalue weighted by molar-refractivity contribution is 7.99. The number of anilines is 1. The fourth-order valence-corrected chi connectivity index (χ4v) is 2.51. The third kappa shape index (κ3) is 6.92. The van der Waals surface area contributed by atoms with Gasteiger partial charge < -0.3 is 10.6 Å². The standard InChI is InChI=1S/C16H18N4O2S/c21-15(20-14-6-2-4-9-18-14)7-10-19-16(22)12-23-11-13-5-1-3-8-17-13/h1-6,8-9H,7,10-12H2,(H,19,22)(H,18,20,21). The molecule has 23 heavy (non-hydrogen) atoms. The maximum atomic E-state index is 11.7. The van der Waals surface area contributed by atoms with E-state index in [0.717, 1.165) is 5.69 Å². The highest BCUT2D eigenvalue weighted by Gasteiger charge is 2.05. The topological polar surface area (TPSA) is 84.0 Å². The van der Waals surface area contributed by atoms with E-state index in [9.17, 15) is 9.59 Å². The Kier molecular flexibility index (Phi) is 7.06. The molecule has 2 heterocycles. The van der Waals surface area contributed by atoms with Crippen LogP contribution in [0.15, 0.2) is 48.8 Å². The van der Waals surface area contributed by atoms with Gasteiger partial charge in [-0.1, -0.05) is 12.1 Å². The van der Waals surface area contributed by atoms with Crippen LogP contribution in [-0.2, 0) is 15.3 Å². The molecule has 7 heteroatoms. The van der Waals surface area contributed by atoms with E-state index in [2.05, 4.69) is 20.6 Å². The van der Waals surface area contributed by atoms with Crippen molar-refractivity contribution in [2.24, 2.45) is 0 Å². The molecule has 0 saturated heterocycles. The van der Waals surface area contributed by atoms with Gasteiger partial charge in [-0.15, -0.1) is 11.8 Å². The molecular formula is C16H18N4O2S. The summed E-state index contributed by atoms with van der Waals surface area (Å²) in [6.07, 6.45) is 3.56. The largest absolute Gasteiger partial charge is 0.355 e. The number of pyridine rings is 2. The van der Waals surface area contributed by atoms with Crippen molar-refractivity contribution in [1.29, 1.82) is 0 Å². The van der Waals surface area contributed by atoms with Crippen LogP contribution in [0.1, 0.15) is 12.1 Å². The number of carbonyl (C=O) groups is 2. The van der Waals surface area contributed by atoms with E-state index in [1.165, 1.54) is 11.8 Å². The van der Waals surface area contributed by atoms with Gasteiger partial charge in [0.1, 0.15) is 5.82 Å². The summed E-state index contributed by atoms with van der Waals surface area (Å²) in [4.78, 5) is 31.5. The second-order valence-corrected chi connectivity index (χ2v) is 5.66. The molecule has 0 aromatic carbocycles. The quantitative estimate of drug-likeness (QED) is 0.772. The van der Waals surface area contributed by atoms with Crippen molar-refractivity contribution in [3.63, 3.8) is 0 Å². The summed E-state index contributed by atoms with van der Waals surface area (Å²) >= 11 is 1.49. The number of carbonyl (C=O) groups excluding carboxylic acids is 2. The first-order chi connectivity index (χ1) is 11.2. The average Bonchev–Trinajstić information content (AvgIpc) is 2.57. The van der Waals surface area contributed by atoms with Crippen LogP contribution in [0.4, 0.5) is 5.82 Å². The first kappa shape index (κ1) is 17.0. The normalized spacial score (nSPS) is 10.1. The molecule has 2 amide bonds. The molecule has 0 radical (unpaired) electrons. The molecule has 0 spiro atoms. The lowest BCUT2D eigenvalue weighted by Gasteiger charge is -2.06. The van der Waals surface area contributed by atoms with Crippen LogP contribution in [0.5, 0.6) is 0 Å². The SMILES string of the molecule is O=C(CSCc1ccccn1)NCCC(=O)Nc1ccccn1. The zero-order chi connectivity index (χ0) is 16.3. The monoisotopic (exact) mass is 330 g/mol. The number of thioether (sulfide) groups is 1.